The maximum atomic E-state index is 14.7. The summed E-state index contributed by atoms with van der Waals surface area (Å²) in [5, 5.41) is 9.86. The maximum absolute atomic E-state index is 14.7. The van der Waals surface area contributed by atoms with Crippen molar-refractivity contribution < 1.29 is 32.6 Å². The van der Waals surface area contributed by atoms with Crippen molar-refractivity contribution in [3.63, 3.8) is 0 Å². The van der Waals surface area contributed by atoms with Crippen molar-refractivity contribution in [1.82, 2.24) is 9.88 Å². The van der Waals surface area contributed by atoms with Crippen LogP contribution in [0.1, 0.15) is 36.0 Å². The molecule has 2 atom stereocenters. The third kappa shape index (κ3) is 6.85. The van der Waals surface area contributed by atoms with Crippen LogP contribution in [0.25, 0.3) is 10.9 Å². The van der Waals surface area contributed by atoms with E-state index in [2.05, 4.69) is 9.88 Å². The number of carbonyl (C=O) groups excluding carboxylic acids is 1. The van der Waals surface area contributed by atoms with Gasteiger partial charge in [0.05, 0.1) is 24.4 Å². The second-order valence-corrected chi connectivity index (χ2v) is 10.6. The number of hydrogen-bond acceptors (Lipinski definition) is 6. The number of carbonyl (C=O) groups is 2. The number of piperidine rings is 1. The quantitative estimate of drug-likeness (QED) is 0.240. The van der Waals surface area contributed by atoms with Gasteiger partial charge in [0.25, 0.3) is 0 Å². The average Bonchev–Trinajstić information content (AvgIpc) is 2.89. The van der Waals surface area contributed by atoms with Crippen molar-refractivity contribution in [2.24, 2.45) is 11.8 Å². The second kappa shape index (κ2) is 12.6. The van der Waals surface area contributed by atoms with E-state index in [0.717, 1.165) is 18.3 Å². The SMILES string of the molecule is COc1ccc2ncc(F)c(C(=O)CC[C@@H]3CCN(CCSc4cc(F)ccc4F)C[C@@H]3CC(=O)O)c2c1. The minimum absolute atomic E-state index is 0.00897. The number of ether oxygens (including phenoxy) is 1. The van der Waals surface area contributed by atoms with E-state index in [1.54, 1.807) is 18.2 Å². The Hall–Kier alpha value is -3.11. The van der Waals surface area contributed by atoms with Gasteiger partial charge in [-0.2, -0.15) is 0 Å². The van der Waals surface area contributed by atoms with Crippen molar-refractivity contribution in [1.29, 1.82) is 0 Å². The molecular weight excluding hydrogens is 517 g/mol. The zero-order chi connectivity index (χ0) is 27.2. The largest absolute Gasteiger partial charge is 0.497 e. The number of rotatable bonds is 11. The molecule has 0 aliphatic carbocycles. The third-order valence-electron chi connectivity index (χ3n) is 7.02. The number of aliphatic carboxylic acids is 1. The molecule has 202 valence electrons. The molecule has 0 unspecified atom stereocenters. The van der Waals surface area contributed by atoms with Crippen LogP contribution in [0, 0.1) is 29.3 Å². The Morgan fingerprint density at radius 1 is 1.13 bits per heavy atom. The van der Waals surface area contributed by atoms with Crippen LogP contribution in [0.15, 0.2) is 47.5 Å². The van der Waals surface area contributed by atoms with Crippen LogP contribution in [-0.4, -0.2) is 59.2 Å². The van der Waals surface area contributed by atoms with Crippen molar-refractivity contribution in [2.75, 3.05) is 32.5 Å². The molecule has 38 heavy (non-hydrogen) atoms. The number of fused-ring (bicyclic) bond motifs is 1. The van der Waals surface area contributed by atoms with Gasteiger partial charge in [0.1, 0.15) is 17.4 Å². The lowest BCUT2D eigenvalue weighted by molar-refractivity contribution is -0.139. The summed E-state index contributed by atoms with van der Waals surface area (Å²) < 4.78 is 47.2. The summed E-state index contributed by atoms with van der Waals surface area (Å²) >= 11 is 1.22. The first-order valence-corrected chi connectivity index (χ1v) is 13.4. The summed E-state index contributed by atoms with van der Waals surface area (Å²) in [6, 6.07) is 8.31. The Morgan fingerprint density at radius 3 is 2.71 bits per heavy atom. The summed E-state index contributed by atoms with van der Waals surface area (Å²) in [5.41, 5.74) is 0.464. The summed E-state index contributed by atoms with van der Waals surface area (Å²) in [5.74, 6) is -2.09. The summed E-state index contributed by atoms with van der Waals surface area (Å²) in [6.45, 7) is 1.82. The molecule has 1 aromatic heterocycles. The van der Waals surface area contributed by atoms with Crippen LogP contribution in [-0.2, 0) is 4.79 Å². The van der Waals surface area contributed by atoms with Gasteiger partial charge in [-0.15, -0.1) is 11.8 Å². The summed E-state index contributed by atoms with van der Waals surface area (Å²) in [6.07, 6.45) is 2.23. The molecule has 1 aliphatic rings. The molecule has 0 amide bonds. The van der Waals surface area contributed by atoms with E-state index in [9.17, 15) is 27.9 Å². The van der Waals surface area contributed by atoms with Gasteiger partial charge in [-0.1, -0.05) is 0 Å². The molecule has 0 saturated carbocycles. The number of benzene rings is 2. The molecule has 1 fully saturated rings. The van der Waals surface area contributed by atoms with Crippen LogP contribution in [0.5, 0.6) is 5.75 Å². The molecule has 1 aliphatic heterocycles. The van der Waals surface area contributed by atoms with E-state index in [0.29, 0.717) is 54.9 Å². The highest BCUT2D eigenvalue weighted by Gasteiger charge is 2.31. The number of aromatic nitrogens is 1. The number of carboxylic acid groups (broad SMARTS) is 1. The number of pyridine rings is 1. The van der Waals surface area contributed by atoms with E-state index in [1.165, 1.54) is 24.9 Å². The highest BCUT2D eigenvalue weighted by Crippen LogP contribution is 2.33. The molecule has 10 heteroatoms. The van der Waals surface area contributed by atoms with Crippen LogP contribution >= 0.6 is 11.8 Å². The first-order valence-electron chi connectivity index (χ1n) is 12.4. The van der Waals surface area contributed by atoms with Gasteiger partial charge in [-0.25, -0.2) is 13.2 Å². The van der Waals surface area contributed by atoms with Gasteiger partial charge in [0.15, 0.2) is 11.6 Å². The Morgan fingerprint density at radius 2 is 1.95 bits per heavy atom. The molecule has 2 aromatic carbocycles. The number of carboxylic acids is 1. The highest BCUT2D eigenvalue weighted by atomic mass is 32.2. The first-order chi connectivity index (χ1) is 18.2. The average molecular weight is 547 g/mol. The Balaban J connectivity index is 1.38. The molecule has 3 aromatic rings. The minimum Gasteiger partial charge on any atom is -0.497 e. The fraction of sp³-hybridized carbons (Fsp3) is 0.393. The van der Waals surface area contributed by atoms with E-state index in [4.69, 9.17) is 4.74 Å². The lowest BCUT2D eigenvalue weighted by atomic mass is 9.79. The predicted molar refractivity (Wildman–Crippen MR) is 139 cm³/mol. The van der Waals surface area contributed by atoms with E-state index in [1.807, 2.05) is 0 Å². The zero-order valence-electron chi connectivity index (χ0n) is 21.0. The summed E-state index contributed by atoms with van der Waals surface area (Å²) in [4.78, 5) is 31.1. The molecule has 4 rings (SSSR count). The lowest BCUT2D eigenvalue weighted by Gasteiger charge is -2.38. The number of thioether (sulfide) groups is 1. The van der Waals surface area contributed by atoms with Gasteiger partial charge in [-0.05, 0) is 67.6 Å². The molecule has 1 saturated heterocycles. The standard InChI is InChI=1S/C28H29F3N2O4S/c1-37-20-4-6-24-21(14-20)28(23(31)15-32-24)25(34)7-2-17-8-9-33(16-18(17)12-27(35)36)10-11-38-26-13-19(29)3-5-22(26)30/h3-6,13-15,17-18H,2,7-12,16H2,1H3,(H,35,36)/t17-,18+/m1/s1. The van der Waals surface area contributed by atoms with Gasteiger partial charge >= 0.3 is 5.97 Å². The van der Waals surface area contributed by atoms with Gasteiger partial charge in [-0.3, -0.25) is 14.6 Å². The van der Waals surface area contributed by atoms with Crippen LogP contribution in [0.4, 0.5) is 13.2 Å². The van der Waals surface area contributed by atoms with E-state index < -0.39 is 23.4 Å². The summed E-state index contributed by atoms with van der Waals surface area (Å²) in [7, 11) is 1.49. The Bertz CT molecular complexity index is 1320. The topological polar surface area (TPSA) is 79.7 Å². The van der Waals surface area contributed by atoms with Gasteiger partial charge in [0.2, 0.25) is 0 Å². The van der Waals surface area contributed by atoms with Crippen molar-refractivity contribution in [2.45, 2.75) is 30.6 Å². The fourth-order valence-electron chi connectivity index (χ4n) is 5.07. The number of likely N-dealkylation sites (tertiary alicyclic amines) is 1. The zero-order valence-corrected chi connectivity index (χ0v) is 21.8. The number of methoxy groups -OCH3 is 1. The van der Waals surface area contributed by atoms with Crippen molar-refractivity contribution in [3.8, 4) is 5.75 Å². The molecule has 2 heterocycles. The lowest BCUT2D eigenvalue weighted by Crippen LogP contribution is -2.42. The second-order valence-electron chi connectivity index (χ2n) is 9.46. The van der Waals surface area contributed by atoms with Gasteiger partial charge in [0, 0.05) is 42.0 Å². The molecule has 0 radical (unpaired) electrons. The number of Topliss-reactive ketones (excluding diaryl/α,β-unsaturated/α-hetero) is 1. The maximum Gasteiger partial charge on any atom is 0.303 e. The minimum atomic E-state index is -0.914. The van der Waals surface area contributed by atoms with Crippen LogP contribution in [0.3, 0.4) is 0 Å². The molecule has 0 spiro atoms. The van der Waals surface area contributed by atoms with Crippen molar-refractivity contribution in [3.05, 3.63) is 65.6 Å². The fourth-order valence-corrected chi connectivity index (χ4v) is 6.04. The monoisotopic (exact) mass is 546 g/mol. The number of ketones is 1. The molecule has 1 N–H and O–H groups in total. The molecular formula is C28H29F3N2O4S. The number of hydrogen-bond donors (Lipinski definition) is 1. The van der Waals surface area contributed by atoms with Crippen LogP contribution < -0.4 is 4.74 Å². The van der Waals surface area contributed by atoms with Gasteiger partial charge < -0.3 is 14.7 Å². The molecule has 0 bridgehead atoms. The Labute approximate surface area is 223 Å². The van der Waals surface area contributed by atoms with E-state index in [-0.39, 0.29) is 40.9 Å². The third-order valence-corrected chi connectivity index (χ3v) is 8.03. The van der Waals surface area contributed by atoms with Crippen molar-refractivity contribution >= 4 is 34.4 Å². The predicted octanol–water partition coefficient (Wildman–Crippen LogP) is 5.83. The highest BCUT2D eigenvalue weighted by molar-refractivity contribution is 7.99. The van der Waals surface area contributed by atoms with E-state index >= 15 is 0 Å². The van der Waals surface area contributed by atoms with Crippen LogP contribution in [0.2, 0.25) is 0 Å². The number of halogens is 3. The molecule has 6 nitrogen and oxygen atoms in total. The first kappa shape index (κ1) is 27.9. The number of nitrogens with zero attached hydrogens (tertiary/aromatic N) is 2. The smallest absolute Gasteiger partial charge is 0.303 e. The Kier molecular flexibility index (Phi) is 9.27. The normalized spacial score (nSPS) is 18.0.